The first-order chi connectivity index (χ1) is 8.08. The molecule has 0 saturated heterocycles. The minimum Gasteiger partial charge on any atom is -0.507 e. The molecule has 0 spiro atoms. The quantitative estimate of drug-likeness (QED) is 0.816. The van der Waals surface area contributed by atoms with E-state index in [4.69, 9.17) is 23.2 Å². The van der Waals surface area contributed by atoms with E-state index in [1.165, 1.54) is 0 Å². The lowest BCUT2D eigenvalue weighted by Crippen LogP contribution is -1.91. The van der Waals surface area contributed by atoms with Crippen molar-refractivity contribution in [3.8, 4) is 5.75 Å². The van der Waals surface area contributed by atoms with Crippen LogP contribution in [0.15, 0.2) is 40.9 Å². The maximum atomic E-state index is 9.42. The molecule has 1 nitrogen and oxygen atoms in total. The minimum absolute atomic E-state index is 0.221. The molecule has 1 N–H and O–H groups in total. The van der Waals surface area contributed by atoms with Crippen molar-refractivity contribution in [2.24, 2.45) is 0 Å². The molecule has 2 aromatic carbocycles. The summed E-state index contributed by atoms with van der Waals surface area (Å²) >= 11 is 15.5. The Hall–Kier alpha value is -0.700. The zero-order chi connectivity index (χ0) is 12.4. The molecule has 0 fully saturated rings. The van der Waals surface area contributed by atoms with Crippen molar-refractivity contribution in [3.05, 3.63) is 62.0 Å². The Balaban J connectivity index is 2.35. The summed E-state index contributed by atoms with van der Waals surface area (Å²) in [7, 11) is 0. The molecular weight excluding hydrogens is 323 g/mol. The summed E-state index contributed by atoms with van der Waals surface area (Å²) in [6.07, 6.45) is 0.636. The van der Waals surface area contributed by atoms with Gasteiger partial charge in [-0.15, -0.1) is 0 Å². The van der Waals surface area contributed by atoms with Gasteiger partial charge in [-0.1, -0.05) is 35.3 Å². The molecule has 0 bridgehead atoms. The number of hydrogen-bond acceptors (Lipinski definition) is 1. The zero-order valence-corrected chi connectivity index (χ0v) is 11.9. The average molecular weight is 332 g/mol. The number of hydrogen-bond donors (Lipinski definition) is 1. The number of rotatable bonds is 2. The molecule has 0 amide bonds. The highest BCUT2D eigenvalue weighted by Gasteiger charge is 2.07. The van der Waals surface area contributed by atoms with Crippen molar-refractivity contribution >= 4 is 39.1 Å². The first kappa shape index (κ1) is 12.7. The number of aromatic hydroxyl groups is 1. The Labute approximate surface area is 118 Å². The van der Waals surface area contributed by atoms with Gasteiger partial charge in [0.25, 0.3) is 0 Å². The van der Waals surface area contributed by atoms with E-state index >= 15 is 0 Å². The largest absolute Gasteiger partial charge is 0.507 e. The maximum Gasteiger partial charge on any atom is 0.129 e. The lowest BCUT2D eigenvalue weighted by molar-refractivity contribution is 0.471. The molecule has 0 aliphatic heterocycles. The lowest BCUT2D eigenvalue weighted by atomic mass is 10.0. The molecule has 2 rings (SSSR count). The zero-order valence-electron chi connectivity index (χ0n) is 8.75. The molecule has 4 heteroatoms. The topological polar surface area (TPSA) is 20.2 Å². The molecule has 17 heavy (non-hydrogen) atoms. The van der Waals surface area contributed by atoms with E-state index in [-0.39, 0.29) is 5.75 Å². The van der Waals surface area contributed by atoms with E-state index in [1.807, 2.05) is 30.3 Å². The van der Waals surface area contributed by atoms with E-state index in [9.17, 15) is 5.11 Å². The Kier molecular flexibility index (Phi) is 3.97. The smallest absolute Gasteiger partial charge is 0.129 e. The number of phenolic OH excluding ortho intramolecular Hbond substituents is 1. The van der Waals surface area contributed by atoms with E-state index in [2.05, 4.69) is 15.9 Å². The second kappa shape index (κ2) is 5.30. The van der Waals surface area contributed by atoms with Gasteiger partial charge in [-0.3, -0.25) is 0 Å². The van der Waals surface area contributed by atoms with Crippen molar-refractivity contribution in [3.63, 3.8) is 0 Å². The van der Waals surface area contributed by atoms with Crippen LogP contribution < -0.4 is 0 Å². The Morgan fingerprint density at radius 3 is 2.29 bits per heavy atom. The van der Waals surface area contributed by atoms with Crippen LogP contribution in [0.4, 0.5) is 0 Å². The van der Waals surface area contributed by atoms with Crippen LogP contribution in [0.1, 0.15) is 11.1 Å². The van der Waals surface area contributed by atoms with Gasteiger partial charge in [0.05, 0.1) is 4.47 Å². The summed E-state index contributed by atoms with van der Waals surface area (Å²) in [5.41, 5.74) is 1.93. The molecule has 0 heterocycles. The summed E-state index contributed by atoms with van der Waals surface area (Å²) in [4.78, 5) is 0. The molecule has 0 radical (unpaired) electrons. The number of phenols is 1. The van der Waals surface area contributed by atoms with E-state index in [0.717, 1.165) is 11.1 Å². The molecule has 2 aromatic rings. The van der Waals surface area contributed by atoms with Gasteiger partial charge in [0.15, 0.2) is 0 Å². The van der Waals surface area contributed by atoms with Gasteiger partial charge in [-0.05, 0) is 51.3 Å². The minimum atomic E-state index is 0.221. The fourth-order valence-corrected chi connectivity index (χ4v) is 2.52. The molecule has 0 aromatic heterocycles. The molecular formula is C13H9BrCl2O. The highest BCUT2D eigenvalue weighted by atomic mass is 79.9. The summed E-state index contributed by atoms with van der Waals surface area (Å²) < 4.78 is 0.665. The molecule has 0 saturated carbocycles. The van der Waals surface area contributed by atoms with E-state index in [0.29, 0.717) is 20.9 Å². The van der Waals surface area contributed by atoms with Crippen LogP contribution in [0.5, 0.6) is 5.75 Å². The number of halogens is 3. The third kappa shape index (κ3) is 2.95. The second-order valence-electron chi connectivity index (χ2n) is 3.66. The van der Waals surface area contributed by atoms with Crippen LogP contribution >= 0.6 is 39.1 Å². The highest BCUT2D eigenvalue weighted by molar-refractivity contribution is 9.10. The summed E-state index contributed by atoms with van der Waals surface area (Å²) in [6.45, 7) is 0. The van der Waals surface area contributed by atoms with Crippen LogP contribution in [0, 0.1) is 0 Å². The summed E-state index contributed by atoms with van der Waals surface area (Å²) in [6, 6.07) is 10.8. The Morgan fingerprint density at radius 2 is 1.71 bits per heavy atom. The molecule has 88 valence electrons. The van der Waals surface area contributed by atoms with Gasteiger partial charge in [0.1, 0.15) is 5.75 Å². The average Bonchev–Trinajstić information content (AvgIpc) is 2.28. The van der Waals surface area contributed by atoms with E-state index < -0.39 is 0 Å². The van der Waals surface area contributed by atoms with Crippen LogP contribution in [-0.4, -0.2) is 5.11 Å². The van der Waals surface area contributed by atoms with Crippen molar-refractivity contribution in [2.75, 3.05) is 0 Å². The van der Waals surface area contributed by atoms with Gasteiger partial charge >= 0.3 is 0 Å². The molecule has 0 aliphatic rings. The fraction of sp³-hybridized carbons (Fsp3) is 0.0769. The molecule has 0 atom stereocenters. The van der Waals surface area contributed by atoms with Crippen molar-refractivity contribution in [2.45, 2.75) is 6.42 Å². The Bertz CT molecular complexity index is 535. The number of benzene rings is 2. The van der Waals surface area contributed by atoms with E-state index in [1.54, 1.807) is 6.07 Å². The van der Waals surface area contributed by atoms with Gasteiger partial charge in [0, 0.05) is 16.5 Å². The first-order valence-corrected chi connectivity index (χ1v) is 6.53. The standard InChI is InChI=1S/C13H9BrCl2O/c14-10-7-8(4-5-13(10)17)6-9-11(15)2-1-3-12(9)16/h1-5,7,17H,6H2. The first-order valence-electron chi connectivity index (χ1n) is 4.98. The van der Waals surface area contributed by atoms with Gasteiger partial charge in [0.2, 0.25) is 0 Å². The third-order valence-electron chi connectivity index (χ3n) is 2.45. The second-order valence-corrected chi connectivity index (χ2v) is 5.33. The summed E-state index contributed by atoms with van der Waals surface area (Å²) in [5, 5.41) is 10.7. The fourth-order valence-electron chi connectivity index (χ4n) is 1.57. The SMILES string of the molecule is Oc1ccc(Cc2c(Cl)cccc2Cl)cc1Br. The lowest BCUT2D eigenvalue weighted by Gasteiger charge is -2.08. The van der Waals surface area contributed by atoms with Gasteiger partial charge in [-0.2, -0.15) is 0 Å². The van der Waals surface area contributed by atoms with Crippen LogP contribution in [0.25, 0.3) is 0 Å². The third-order valence-corrected chi connectivity index (χ3v) is 3.80. The van der Waals surface area contributed by atoms with Crippen LogP contribution in [0.2, 0.25) is 10.0 Å². The molecule has 0 aliphatic carbocycles. The van der Waals surface area contributed by atoms with Crippen molar-refractivity contribution in [1.29, 1.82) is 0 Å². The predicted molar refractivity (Wildman–Crippen MR) is 75.1 cm³/mol. The van der Waals surface area contributed by atoms with Crippen molar-refractivity contribution < 1.29 is 5.11 Å². The van der Waals surface area contributed by atoms with Gasteiger partial charge in [-0.25, -0.2) is 0 Å². The van der Waals surface area contributed by atoms with Crippen LogP contribution in [-0.2, 0) is 6.42 Å². The van der Waals surface area contributed by atoms with Crippen molar-refractivity contribution in [1.82, 2.24) is 0 Å². The predicted octanol–water partition coefficient (Wildman–Crippen LogP) is 5.05. The maximum absolute atomic E-state index is 9.42. The van der Waals surface area contributed by atoms with Crippen LogP contribution in [0.3, 0.4) is 0 Å². The molecule has 0 unspecified atom stereocenters. The summed E-state index contributed by atoms with van der Waals surface area (Å²) in [5.74, 6) is 0.221. The monoisotopic (exact) mass is 330 g/mol. The normalized spacial score (nSPS) is 10.5. The van der Waals surface area contributed by atoms with Gasteiger partial charge < -0.3 is 5.11 Å². The highest BCUT2D eigenvalue weighted by Crippen LogP contribution is 2.29. The Morgan fingerprint density at radius 1 is 1.06 bits per heavy atom.